The van der Waals surface area contributed by atoms with Crippen molar-refractivity contribution >= 4 is 11.6 Å². The Bertz CT molecular complexity index is 752. The number of rotatable bonds is 7. The molecule has 1 saturated heterocycles. The van der Waals surface area contributed by atoms with Gasteiger partial charge in [-0.25, -0.2) is 0 Å². The molecule has 27 heavy (non-hydrogen) atoms. The van der Waals surface area contributed by atoms with E-state index in [1.54, 1.807) is 7.11 Å². The van der Waals surface area contributed by atoms with Gasteiger partial charge in [0.15, 0.2) is 0 Å². The molecule has 1 amide bonds. The first-order valence-corrected chi connectivity index (χ1v) is 9.52. The molecule has 1 aliphatic heterocycles. The molecule has 1 atom stereocenters. The Labute approximate surface area is 161 Å². The molecule has 1 heterocycles. The molecule has 0 unspecified atom stereocenters. The summed E-state index contributed by atoms with van der Waals surface area (Å²) in [7, 11) is 5.63. The van der Waals surface area contributed by atoms with E-state index in [-0.39, 0.29) is 11.9 Å². The summed E-state index contributed by atoms with van der Waals surface area (Å²) in [6.07, 6.45) is 2.43. The van der Waals surface area contributed by atoms with Gasteiger partial charge in [0.2, 0.25) is 0 Å². The van der Waals surface area contributed by atoms with Crippen molar-refractivity contribution in [2.24, 2.45) is 0 Å². The third-order valence-corrected chi connectivity index (χ3v) is 5.16. The number of amides is 1. The van der Waals surface area contributed by atoms with Gasteiger partial charge in [-0.3, -0.25) is 9.69 Å². The second kappa shape index (κ2) is 8.91. The van der Waals surface area contributed by atoms with Crippen LogP contribution in [0.2, 0.25) is 0 Å². The maximum absolute atomic E-state index is 12.7. The number of nitrogens with zero attached hydrogens (tertiary/aromatic N) is 2. The fourth-order valence-corrected chi connectivity index (χ4v) is 3.55. The molecule has 0 spiro atoms. The van der Waals surface area contributed by atoms with Crippen molar-refractivity contribution in [2.75, 3.05) is 45.7 Å². The van der Waals surface area contributed by atoms with Crippen LogP contribution in [0.4, 0.5) is 5.69 Å². The number of hydrogen-bond donors (Lipinski definition) is 1. The molecule has 1 aliphatic rings. The van der Waals surface area contributed by atoms with E-state index < -0.39 is 0 Å². The zero-order valence-electron chi connectivity index (χ0n) is 16.4. The van der Waals surface area contributed by atoms with Gasteiger partial charge >= 0.3 is 0 Å². The second-order valence-corrected chi connectivity index (χ2v) is 7.19. The average molecular weight is 367 g/mol. The fourth-order valence-electron chi connectivity index (χ4n) is 3.55. The Balaban J connectivity index is 1.72. The normalized spacial score (nSPS) is 15.4. The molecule has 0 aliphatic carbocycles. The van der Waals surface area contributed by atoms with Crippen LogP contribution >= 0.6 is 0 Å². The van der Waals surface area contributed by atoms with E-state index >= 15 is 0 Å². The Hall–Kier alpha value is -2.53. The lowest BCUT2D eigenvalue weighted by molar-refractivity contribution is 0.0938. The van der Waals surface area contributed by atoms with Crippen molar-refractivity contribution < 1.29 is 9.53 Å². The average Bonchev–Trinajstić information content (AvgIpc) is 3.23. The zero-order valence-corrected chi connectivity index (χ0v) is 16.4. The standard InChI is InChI=1S/C22H29N3O2/c1-24(2)19-8-6-7-18(15-19)22(26)23-16-21(25-13-4-5-14-25)17-9-11-20(27-3)12-10-17/h6-12,15,21H,4-5,13-14,16H2,1-3H3,(H,23,26)/t21-/m0/s1. The second-order valence-electron chi connectivity index (χ2n) is 7.19. The number of anilines is 1. The third kappa shape index (κ3) is 4.80. The van der Waals surface area contributed by atoms with Gasteiger partial charge < -0.3 is 15.0 Å². The first kappa shape index (κ1) is 19.2. The van der Waals surface area contributed by atoms with Crippen LogP contribution < -0.4 is 15.0 Å². The molecule has 0 radical (unpaired) electrons. The van der Waals surface area contributed by atoms with Crippen LogP contribution in [0, 0.1) is 0 Å². The van der Waals surface area contributed by atoms with Crippen molar-refractivity contribution in [3.05, 3.63) is 59.7 Å². The number of likely N-dealkylation sites (tertiary alicyclic amines) is 1. The lowest BCUT2D eigenvalue weighted by Crippen LogP contribution is -2.36. The number of carbonyl (C=O) groups is 1. The molecule has 5 nitrogen and oxygen atoms in total. The van der Waals surface area contributed by atoms with Crippen molar-refractivity contribution in [2.45, 2.75) is 18.9 Å². The number of hydrogen-bond acceptors (Lipinski definition) is 4. The third-order valence-electron chi connectivity index (χ3n) is 5.16. The molecule has 0 aromatic heterocycles. The number of carbonyl (C=O) groups excluding carboxylic acids is 1. The van der Waals surface area contributed by atoms with Crippen molar-refractivity contribution in [3.63, 3.8) is 0 Å². The predicted octanol–water partition coefficient (Wildman–Crippen LogP) is 3.33. The van der Waals surface area contributed by atoms with Crippen molar-refractivity contribution in [1.82, 2.24) is 10.2 Å². The van der Waals surface area contributed by atoms with Crippen LogP contribution in [0.5, 0.6) is 5.75 Å². The molecule has 1 N–H and O–H groups in total. The monoisotopic (exact) mass is 367 g/mol. The van der Waals surface area contributed by atoms with E-state index in [4.69, 9.17) is 4.74 Å². The molecule has 5 heteroatoms. The Morgan fingerprint density at radius 2 is 1.85 bits per heavy atom. The highest BCUT2D eigenvalue weighted by Crippen LogP contribution is 2.26. The van der Waals surface area contributed by atoms with Crippen molar-refractivity contribution in [3.8, 4) is 5.75 Å². The number of nitrogens with one attached hydrogen (secondary N) is 1. The topological polar surface area (TPSA) is 44.8 Å². The van der Waals surface area contributed by atoms with E-state index in [1.165, 1.54) is 18.4 Å². The minimum absolute atomic E-state index is 0.0311. The van der Waals surface area contributed by atoms with E-state index in [1.807, 2.05) is 55.4 Å². The van der Waals surface area contributed by atoms with Gasteiger partial charge in [0, 0.05) is 31.9 Å². The van der Waals surface area contributed by atoms with E-state index in [2.05, 4.69) is 22.3 Å². The minimum atomic E-state index is -0.0311. The Kier molecular flexibility index (Phi) is 6.35. The maximum Gasteiger partial charge on any atom is 0.251 e. The highest BCUT2D eigenvalue weighted by atomic mass is 16.5. The van der Waals surface area contributed by atoms with Crippen LogP contribution in [0.15, 0.2) is 48.5 Å². The molecule has 2 aromatic carbocycles. The van der Waals surface area contributed by atoms with E-state index in [0.717, 1.165) is 24.5 Å². The highest BCUT2D eigenvalue weighted by molar-refractivity contribution is 5.95. The molecule has 0 bridgehead atoms. The van der Waals surface area contributed by atoms with Crippen molar-refractivity contribution in [1.29, 1.82) is 0 Å². The summed E-state index contributed by atoms with van der Waals surface area (Å²) in [6, 6.07) is 16.1. The lowest BCUT2D eigenvalue weighted by atomic mass is 10.0. The highest BCUT2D eigenvalue weighted by Gasteiger charge is 2.24. The first-order chi connectivity index (χ1) is 13.1. The quantitative estimate of drug-likeness (QED) is 0.815. The number of ether oxygens (including phenoxy) is 1. The van der Waals surface area contributed by atoms with Gasteiger partial charge in [-0.2, -0.15) is 0 Å². The van der Waals surface area contributed by atoms with Gasteiger partial charge in [0.05, 0.1) is 13.2 Å². The van der Waals surface area contributed by atoms with Crippen LogP contribution in [0.3, 0.4) is 0 Å². The Morgan fingerprint density at radius 3 is 2.48 bits per heavy atom. The molecule has 144 valence electrons. The number of benzene rings is 2. The largest absolute Gasteiger partial charge is 0.497 e. The molecule has 2 aromatic rings. The molecular weight excluding hydrogens is 338 g/mol. The van der Waals surface area contributed by atoms with E-state index in [9.17, 15) is 4.79 Å². The molecule has 1 fully saturated rings. The smallest absolute Gasteiger partial charge is 0.251 e. The molecule has 0 saturated carbocycles. The minimum Gasteiger partial charge on any atom is -0.497 e. The first-order valence-electron chi connectivity index (χ1n) is 9.52. The van der Waals surface area contributed by atoms with Crippen LogP contribution in [0.1, 0.15) is 34.8 Å². The summed E-state index contributed by atoms with van der Waals surface area (Å²) in [5.41, 5.74) is 2.92. The summed E-state index contributed by atoms with van der Waals surface area (Å²) in [4.78, 5) is 17.2. The summed E-state index contributed by atoms with van der Waals surface area (Å²) < 4.78 is 5.27. The number of methoxy groups -OCH3 is 1. The van der Waals surface area contributed by atoms with Crippen LogP contribution in [-0.2, 0) is 0 Å². The van der Waals surface area contributed by atoms with Gasteiger partial charge in [0.25, 0.3) is 5.91 Å². The van der Waals surface area contributed by atoms with Crippen LogP contribution in [0.25, 0.3) is 0 Å². The Morgan fingerprint density at radius 1 is 1.15 bits per heavy atom. The summed E-state index contributed by atoms with van der Waals surface area (Å²) in [5.74, 6) is 0.819. The molecule has 3 rings (SSSR count). The summed E-state index contributed by atoms with van der Waals surface area (Å²) in [5, 5.41) is 3.14. The van der Waals surface area contributed by atoms with Gasteiger partial charge in [-0.1, -0.05) is 18.2 Å². The SMILES string of the molecule is COc1ccc([C@H](CNC(=O)c2cccc(N(C)C)c2)N2CCCC2)cc1. The zero-order chi connectivity index (χ0) is 19.2. The van der Waals surface area contributed by atoms with Crippen LogP contribution in [-0.4, -0.2) is 51.6 Å². The maximum atomic E-state index is 12.7. The van der Waals surface area contributed by atoms with Gasteiger partial charge in [0.1, 0.15) is 5.75 Å². The lowest BCUT2D eigenvalue weighted by Gasteiger charge is -2.28. The van der Waals surface area contributed by atoms with Gasteiger partial charge in [-0.05, 0) is 61.8 Å². The molecular formula is C22H29N3O2. The summed E-state index contributed by atoms with van der Waals surface area (Å²) >= 11 is 0. The summed E-state index contributed by atoms with van der Waals surface area (Å²) in [6.45, 7) is 2.74. The predicted molar refractivity (Wildman–Crippen MR) is 110 cm³/mol. The fraction of sp³-hybridized carbons (Fsp3) is 0.409. The van der Waals surface area contributed by atoms with E-state index in [0.29, 0.717) is 12.1 Å². The van der Waals surface area contributed by atoms with Gasteiger partial charge in [-0.15, -0.1) is 0 Å².